The summed E-state index contributed by atoms with van der Waals surface area (Å²) in [6.07, 6.45) is 1.47. The molecule has 0 unspecified atom stereocenters. The average molecular weight is 241 g/mol. The van der Waals surface area contributed by atoms with Crippen LogP contribution in [0.25, 0.3) is 0 Å². The van der Waals surface area contributed by atoms with E-state index in [0.29, 0.717) is 12.2 Å². The third kappa shape index (κ3) is 3.83. The van der Waals surface area contributed by atoms with Gasteiger partial charge in [0.1, 0.15) is 5.03 Å². The van der Waals surface area contributed by atoms with E-state index < -0.39 is 6.10 Å². The summed E-state index contributed by atoms with van der Waals surface area (Å²) in [5, 5.41) is 10.3. The third-order valence-electron chi connectivity index (χ3n) is 2.02. The van der Waals surface area contributed by atoms with Crippen LogP contribution >= 0.6 is 11.8 Å². The Labute approximate surface area is 99.0 Å². The fourth-order valence-electron chi connectivity index (χ4n) is 1.17. The van der Waals surface area contributed by atoms with E-state index in [4.69, 9.17) is 0 Å². The Morgan fingerprint density at radius 2 is 2.44 bits per heavy atom. The van der Waals surface area contributed by atoms with Gasteiger partial charge in [-0.3, -0.25) is 4.79 Å². The van der Waals surface area contributed by atoms with Crippen LogP contribution in [-0.4, -0.2) is 28.9 Å². The Balaban J connectivity index is 2.56. The molecule has 1 aromatic heterocycles. The van der Waals surface area contributed by atoms with Crippen LogP contribution < -0.4 is 0 Å². The second-order valence-electron chi connectivity index (χ2n) is 3.25. The minimum atomic E-state index is -0.547. The quantitative estimate of drug-likeness (QED) is 0.629. The summed E-state index contributed by atoms with van der Waals surface area (Å²) in [5.74, 6) is 0.366. The number of hydrogen-bond donors (Lipinski definition) is 1. The fourth-order valence-corrected chi connectivity index (χ4v) is 2.18. The van der Waals surface area contributed by atoms with Gasteiger partial charge in [-0.1, -0.05) is 6.07 Å². The first-order chi connectivity index (χ1) is 7.65. The van der Waals surface area contributed by atoms with Crippen LogP contribution in [0.2, 0.25) is 0 Å². The number of carbonyl (C=O) groups excluding carboxylic acids is 1. The molecule has 4 nitrogen and oxygen atoms in total. The van der Waals surface area contributed by atoms with Crippen LogP contribution in [0, 0.1) is 0 Å². The number of methoxy groups -OCH3 is 1. The summed E-state index contributed by atoms with van der Waals surface area (Å²) in [6.45, 7) is 1.70. The molecule has 0 spiro atoms. The van der Waals surface area contributed by atoms with Gasteiger partial charge in [-0.25, -0.2) is 4.98 Å². The van der Waals surface area contributed by atoms with Crippen molar-refractivity contribution in [3.05, 3.63) is 23.9 Å². The largest absolute Gasteiger partial charge is 0.469 e. The van der Waals surface area contributed by atoms with Crippen LogP contribution in [0.1, 0.15) is 25.0 Å². The molecule has 1 rings (SSSR count). The van der Waals surface area contributed by atoms with Gasteiger partial charge in [-0.2, -0.15) is 0 Å². The van der Waals surface area contributed by atoms with Gasteiger partial charge in [0.2, 0.25) is 0 Å². The fraction of sp³-hybridized carbons (Fsp3) is 0.455. The molecule has 1 atom stereocenters. The maximum atomic E-state index is 10.9. The number of esters is 1. The second-order valence-corrected chi connectivity index (χ2v) is 4.33. The Morgan fingerprint density at radius 3 is 3.06 bits per heavy atom. The summed E-state index contributed by atoms with van der Waals surface area (Å²) >= 11 is 1.45. The van der Waals surface area contributed by atoms with Crippen LogP contribution in [0.15, 0.2) is 23.4 Å². The van der Waals surface area contributed by atoms with E-state index in [1.807, 2.05) is 6.07 Å². The lowest BCUT2D eigenvalue weighted by Gasteiger charge is -2.09. The van der Waals surface area contributed by atoms with Gasteiger partial charge in [0.15, 0.2) is 0 Å². The number of nitrogens with zero attached hydrogens (tertiary/aromatic N) is 1. The summed E-state index contributed by atoms with van der Waals surface area (Å²) in [7, 11) is 1.37. The number of thioether (sulfide) groups is 1. The van der Waals surface area contributed by atoms with Crippen molar-refractivity contribution in [3.8, 4) is 0 Å². The highest BCUT2D eigenvalue weighted by Crippen LogP contribution is 2.25. The van der Waals surface area contributed by atoms with Crippen LogP contribution in [0.3, 0.4) is 0 Å². The molecule has 1 heterocycles. The van der Waals surface area contributed by atoms with Crippen molar-refractivity contribution in [1.82, 2.24) is 4.98 Å². The van der Waals surface area contributed by atoms with Crippen molar-refractivity contribution < 1.29 is 14.6 Å². The Morgan fingerprint density at radius 1 is 1.69 bits per heavy atom. The van der Waals surface area contributed by atoms with E-state index in [1.54, 1.807) is 19.2 Å². The highest BCUT2D eigenvalue weighted by Gasteiger charge is 2.09. The predicted molar refractivity (Wildman–Crippen MR) is 62.2 cm³/mol. The minimum Gasteiger partial charge on any atom is -0.469 e. The molecule has 16 heavy (non-hydrogen) atoms. The smallest absolute Gasteiger partial charge is 0.306 e. The molecule has 0 aromatic carbocycles. The molecular formula is C11H15NO3S. The molecule has 0 aliphatic rings. The van der Waals surface area contributed by atoms with E-state index in [0.717, 1.165) is 10.6 Å². The normalized spacial score (nSPS) is 12.2. The number of aliphatic hydroxyl groups is 1. The lowest BCUT2D eigenvalue weighted by atomic mass is 10.2. The third-order valence-corrected chi connectivity index (χ3v) is 3.05. The zero-order valence-corrected chi connectivity index (χ0v) is 10.2. The monoisotopic (exact) mass is 241 g/mol. The van der Waals surface area contributed by atoms with Crippen molar-refractivity contribution in [3.63, 3.8) is 0 Å². The summed E-state index contributed by atoms with van der Waals surface area (Å²) < 4.78 is 4.54. The van der Waals surface area contributed by atoms with E-state index in [9.17, 15) is 9.90 Å². The molecule has 0 saturated carbocycles. The summed E-state index contributed by atoms with van der Waals surface area (Å²) in [4.78, 5) is 15.1. The van der Waals surface area contributed by atoms with E-state index in [-0.39, 0.29) is 5.97 Å². The van der Waals surface area contributed by atoms with Gasteiger partial charge < -0.3 is 9.84 Å². The Bertz CT molecular complexity index is 355. The number of pyridine rings is 1. The van der Waals surface area contributed by atoms with Gasteiger partial charge in [0.05, 0.1) is 19.6 Å². The average Bonchev–Trinajstić information content (AvgIpc) is 2.29. The SMILES string of the molecule is COC(=O)CCSc1ncccc1[C@H](C)O. The topological polar surface area (TPSA) is 59.4 Å². The number of hydrogen-bond acceptors (Lipinski definition) is 5. The van der Waals surface area contributed by atoms with Gasteiger partial charge in [-0.05, 0) is 13.0 Å². The Hall–Kier alpha value is -1.07. The first-order valence-corrected chi connectivity index (χ1v) is 5.96. The van der Waals surface area contributed by atoms with E-state index >= 15 is 0 Å². The zero-order valence-electron chi connectivity index (χ0n) is 9.34. The first kappa shape index (κ1) is 13.0. The molecule has 0 aliphatic heterocycles. The molecule has 1 aromatic rings. The highest BCUT2D eigenvalue weighted by atomic mass is 32.2. The molecule has 88 valence electrons. The molecular weight excluding hydrogens is 226 g/mol. The molecule has 0 amide bonds. The van der Waals surface area contributed by atoms with Crippen LogP contribution in [0.5, 0.6) is 0 Å². The number of ether oxygens (including phenoxy) is 1. The van der Waals surface area contributed by atoms with Gasteiger partial charge in [-0.15, -0.1) is 11.8 Å². The van der Waals surface area contributed by atoms with Crippen molar-refractivity contribution in [2.45, 2.75) is 24.5 Å². The molecule has 0 fully saturated rings. The number of aliphatic hydroxyl groups excluding tert-OH is 1. The van der Waals surface area contributed by atoms with Gasteiger partial charge in [0.25, 0.3) is 0 Å². The van der Waals surface area contributed by atoms with Crippen LogP contribution in [0.4, 0.5) is 0 Å². The molecule has 0 aliphatic carbocycles. The molecule has 0 radical (unpaired) electrons. The van der Waals surface area contributed by atoms with Gasteiger partial charge >= 0.3 is 5.97 Å². The van der Waals surface area contributed by atoms with Gasteiger partial charge in [0, 0.05) is 17.5 Å². The van der Waals surface area contributed by atoms with Crippen molar-refractivity contribution >= 4 is 17.7 Å². The molecule has 0 saturated heterocycles. The zero-order chi connectivity index (χ0) is 12.0. The summed E-state index contributed by atoms with van der Waals surface area (Å²) in [6, 6.07) is 3.62. The number of carbonyl (C=O) groups is 1. The van der Waals surface area contributed by atoms with Crippen molar-refractivity contribution in [2.75, 3.05) is 12.9 Å². The molecule has 1 N–H and O–H groups in total. The highest BCUT2D eigenvalue weighted by molar-refractivity contribution is 7.99. The maximum Gasteiger partial charge on any atom is 0.306 e. The van der Waals surface area contributed by atoms with Crippen molar-refractivity contribution in [1.29, 1.82) is 0 Å². The van der Waals surface area contributed by atoms with Crippen LogP contribution in [-0.2, 0) is 9.53 Å². The number of rotatable bonds is 5. The number of aromatic nitrogens is 1. The lowest BCUT2D eigenvalue weighted by molar-refractivity contribution is -0.140. The van der Waals surface area contributed by atoms with Crippen molar-refractivity contribution in [2.24, 2.45) is 0 Å². The van der Waals surface area contributed by atoms with E-state index in [1.165, 1.54) is 18.9 Å². The standard InChI is InChI=1S/C11H15NO3S/c1-8(13)9-4-3-6-12-11(9)16-7-5-10(14)15-2/h3-4,6,8,13H,5,7H2,1-2H3/t8-/m0/s1. The van der Waals surface area contributed by atoms with E-state index in [2.05, 4.69) is 9.72 Å². The lowest BCUT2D eigenvalue weighted by Crippen LogP contribution is -2.02. The molecule has 5 heteroatoms. The maximum absolute atomic E-state index is 10.9. The molecule has 0 bridgehead atoms. The Kier molecular flexibility index (Phi) is 5.28. The predicted octanol–water partition coefficient (Wildman–Crippen LogP) is 1.79. The summed E-state index contributed by atoms with van der Waals surface area (Å²) in [5.41, 5.74) is 0.789. The first-order valence-electron chi connectivity index (χ1n) is 4.97. The second kappa shape index (κ2) is 6.50. The minimum absolute atomic E-state index is 0.234.